The molecule has 110 valence electrons. The molecule has 22 heavy (non-hydrogen) atoms. The Morgan fingerprint density at radius 3 is 2.91 bits per heavy atom. The summed E-state index contributed by atoms with van der Waals surface area (Å²) in [4.78, 5) is 11.3. The summed E-state index contributed by atoms with van der Waals surface area (Å²) < 4.78 is 7.25. The maximum absolute atomic E-state index is 11.3. The normalized spacial score (nSPS) is 13.9. The lowest BCUT2D eigenvalue weighted by Crippen LogP contribution is -2.11. The van der Waals surface area contributed by atoms with Crippen LogP contribution < -0.4 is 11.5 Å². The molecule has 7 heteroatoms. The summed E-state index contributed by atoms with van der Waals surface area (Å²) in [5.74, 6) is 0.0403. The van der Waals surface area contributed by atoms with Gasteiger partial charge in [-0.15, -0.1) is 5.10 Å². The first-order valence-corrected chi connectivity index (χ1v) is 6.87. The number of allylic oxidation sites excluding steroid dienone is 1. The predicted octanol–water partition coefficient (Wildman–Crippen LogP) is 1.65. The minimum atomic E-state index is -0.659. The topological polar surface area (TPSA) is 113 Å². The Bertz CT molecular complexity index is 935. The number of benzene rings is 1. The van der Waals surface area contributed by atoms with Gasteiger partial charge in [0.1, 0.15) is 11.3 Å². The molecule has 2 aromatic heterocycles. The summed E-state index contributed by atoms with van der Waals surface area (Å²) in [6, 6.07) is 7.72. The zero-order chi connectivity index (χ0) is 15.3. The number of hydrogen-bond donors (Lipinski definition) is 2. The van der Waals surface area contributed by atoms with Crippen molar-refractivity contribution in [3.05, 3.63) is 41.3 Å². The molecule has 0 radical (unpaired) electrons. The molecule has 0 fully saturated rings. The van der Waals surface area contributed by atoms with E-state index in [0.29, 0.717) is 24.2 Å². The maximum atomic E-state index is 11.3. The number of nitrogen functional groups attached to an aromatic ring is 1. The van der Waals surface area contributed by atoms with E-state index in [1.54, 1.807) is 4.68 Å². The standard InChI is InChI=1S/C15H13N5O2/c16-13-9-7-8(5-6-12(9)22-14(13)15(17)21)20-11-4-2-1-3-10(11)18-19-20/h1-4,7H,5-6,16H2,(H2,17,21). The van der Waals surface area contributed by atoms with Gasteiger partial charge in [-0.25, -0.2) is 4.68 Å². The number of primary amides is 1. The van der Waals surface area contributed by atoms with Crippen molar-refractivity contribution >= 4 is 34.4 Å². The highest BCUT2D eigenvalue weighted by atomic mass is 16.4. The van der Waals surface area contributed by atoms with Gasteiger partial charge in [-0.1, -0.05) is 17.3 Å². The number of para-hydroxylation sites is 1. The van der Waals surface area contributed by atoms with Crippen molar-refractivity contribution in [2.75, 3.05) is 5.73 Å². The Kier molecular flexibility index (Phi) is 2.56. The van der Waals surface area contributed by atoms with Crippen molar-refractivity contribution in [1.82, 2.24) is 15.0 Å². The van der Waals surface area contributed by atoms with Gasteiger partial charge in [0.25, 0.3) is 5.91 Å². The number of rotatable bonds is 2. The molecule has 0 saturated carbocycles. The van der Waals surface area contributed by atoms with E-state index in [1.807, 2.05) is 30.3 Å². The first-order chi connectivity index (χ1) is 10.6. The molecule has 0 saturated heterocycles. The number of anilines is 1. The highest BCUT2D eigenvalue weighted by molar-refractivity contribution is 5.99. The minimum absolute atomic E-state index is 0.0194. The second kappa shape index (κ2) is 4.45. The Labute approximate surface area is 125 Å². The van der Waals surface area contributed by atoms with E-state index in [1.165, 1.54) is 0 Å². The van der Waals surface area contributed by atoms with Gasteiger partial charge < -0.3 is 15.9 Å². The maximum Gasteiger partial charge on any atom is 0.286 e. The van der Waals surface area contributed by atoms with Crippen LogP contribution in [0.15, 0.2) is 28.7 Å². The van der Waals surface area contributed by atoms with E-state index in [0.717, 1.165) is 16.7 Å². The number of hydrogen-bond acceptors (Lipinski definition) is 5. The molecule has 3 aromatic rings. The number of nitrogens with two attached hydrogens (primary N) is 2. The molecule has 4 rings (SSSR count). The van der Waals surface area contributed by atoms with Crippen molar-refractivity contribution in [3.8, 4) is 0 Å². The van der Waals surface area contributed by atoms with Gasteiger partial charge in [-0.2, -0.15) is 0 Å². The van der Waals surface area contributed by atoms with E-state index >= 15 is 0 Å². The quantitative estimate of drug-likeness (QED) is 0.746. The van der Waals surface area contributed by atoms with Crippen LogP contribution in [0.1, 0.15) is 28.3 Å². The number of carbonyl (C=O) groups excluding carboxylic acids is 1. The van der Waals surface area contributed by atoms with E-state index in [2.05, 4.69) is 10.3 Å². The molecule has 1 aromatic carbocycles. The Balaban J connectivity index is 1.86. The van der Waals surface area contributed by atoms with Crippen molar-refractivity contribution in [1.29, 1.82) is 0 Å². The van der Waals surface area contributed by atoms with Crippen LogP contribution in [0.2, 0.25) is 0 Å². The van der Waals surface area contributed by atoms with Crippen molar-refractivity contribution in [2.45, 2.75) is 12.8 Å². The van der Waals surface area contributed by atoms with Gasteiger partial charge in [0.2, 0.25) is 5.76 Å². The second-order valence-corrected chi connectivity index (χ2v) is 5.17. The van der Waals surface area contributed by atoms with Crippen LogP contribution in [0.3, 0.4) is 0 Å². The molecule has 7 nitrogen and oxygen atoms in total. The fourth-order valence-electron chi connectivity index (χ4n) is 2.76. The summed E-state index contributed by atoms with van der Waals surface area (Å²) in [6.07, 6.45) is 3.23. The average Bonchev–Trinajstić information content (AvgIpc) is 3.09. The predicted molar refractivity (Wildman–Crippen MR) is 81.7 cm³/mol. The van der Waals surface area contributed by atoms with E-state index < -0.39 is 5.91 Å². The number of aryl methyl sites for hydroxylation is 1. The van der Waals surface area contributed by atoms with Crippen LogP contribution in [0.25, 0.3) is 22.8 Å². The van der Waals surface area contributed by atoms with Gasteiger partial charge in [0, 0.05) is 17.7 Å². The van der Waals surface area contributed by atoms with Crippen molar-refractivity contribution in [3.63, 3.8) is 0 Å². The van der Waals surface area contributed by atoms with Crippen LogP contribution >= 0.6 is 0 Å². The monoisotopic (exact) mass is 295 g/mol. The van der Waals surface area contributed by atoms with E-state index in [4.69, 9.17) is 15.9 Å². The van der Waals surface area contributed by atoms with E-state index in [9.17, 15) is 4.79 Å². The summed E-state index contributed by atoms with van der Waals surface area (Å²) in [7, 11) is 0. The number of carbonyl (C=O) groups is 1. The molecule has 0 spiro atoms. The molecule has 0 bridgehead atoms. The fourth-order valence-corrected chi connectivity index (χ4v) is 2.76. The smallest absolute Gasteiger partial charge is 0.286 e. The molecule has 0 unspecified atom stereocenters. The van der Waals surface area contributed by atoms with Crippen molar-refractivity contribution < 1.29 is 9.21 Å². The number of fused-ring (bicyclic) bond motifs is 2. The van der Waals surface area contributed by atoms with E-state index in [-0.39, 0.29) is 11.4 Å². The third-order valence-electron chi connectivity index (χ3n) is 3.83. The Morgan fingerprint density at radius 2 is 2.09 bits per heavy atom. The van der Waals surface area contributed by atoms with Crippen LogP contribution in [0.5, 0.6) is 0 Å². The molecular weight excluding hydrogens is 282 g/mol. The Hall–Kier alpha value is -3.09. The Morgan fingerprint density at radius 1 is 1.27 bits per heavy atom. The SMILES string of the molecule is NC(=O)c1oc2c(c1N)C=C(n1nnc3ccccc31)CC2. The highest BCUT2D eigenvalue weighted by Crippen LogP contribution is 2.35. The lowest BCUT2D eigenvalue weighted by Gasteiger charge is -2.12. The molecule has 2 heterocycles. The van der Waals surface area contributed by atoms with Crippen LogP contribution in [-0.2, 0) is 6.42 Å². The van der Waals surface area contributed by atoms with Crippen molar-refractivity contribution in [2.24, 2.45) is 5.73 Å². The molecular formula is C15H13N5O2. The average molecular weight is 295 g/mol. The molecule has 1 aliphatic carbocycles. The number of nitrogens with zero attached hydrogens (tertiary/aromatic N) is 3. The second-order valence-electron chi connectivity index (χ2n) is 5.17. The van der Waals surface area contributed by atoms with Gasteiger partial charge in [0.05, 0.1) is 11.2 Å². The summed E-state index contributed by atoms with van der Waals surface area (Å²) in [5, 5.41) is 8.35. The number of furan rings is 1. The lowest BCUT2D eigenvalue weighted by atomic mass is 10.0. The molecule has 0 atom stereocenters. The molecule has 1 amide bonds. The lowest BCUT2D eigenvalue weighted by molar-refractivity contribution is 0.0973. The van der Waals surface area contributed by atoms with Gasteiger partial charge >= 0.3 is 0 Å². The van der Waals surface area contributed by atoms with Gasteiger partial charge in [0.15, 0.2) is 0 Å². The third kappa shape index (κ3) is 1.72. The first-order valence-electron chi connectivity index (χ1n) is 6.87. The highest BCUT2D eigenvalue weighted by Gasteiger charge is 2.24. The number of aromatic nitrogens is 3. The van der Waals surface area contributed by atoms with Crippen LogP contribution in [0, 0.1) is 0 Å². The zero-order valence-electron chi connectivity index (χ0n) is 11.6. The van der Waals surface area contributed by atoms with Crippen LogP contribution in [-0.4, -0.2) is 20.9 Å². The summed E-state index contributed by atoms with van der Waals surface area (Å²) >= 11 is 0. The molecule has 0 aliphatic heterocycles. The number of amides is 1. The fraction of sp³-hybridized carbons (Fsp3) is 0.133. The molecule has 1 aliphatic rings. The molecule has 4 N–H and O–H groups in total. The zero-order valence-corrected chi connectivity index (χ0v) is 11.6. The minimum Gasteiger partial charge on any atom is -0.453 e. The summed E-state index contributed by atoms with van der Waals surface area (Å²) in [5.41, 5.74) is 14.9. The largest absolute Gasteiger partial charge is 0.453 e. The van der Waals surface area contributed by atoms with Crippen LogP contribution in [0.4, 0.5) is 5.69 Å². The first kappa shape index (κ1) is 12.6. The van der Waals surface area contributed by atoms with Gasteiger partial charge in [-0.3, -0.25) is 4.79 Å². The van der Waals surface area contributed by atoms with Gasteiger partial charge in [-0.05, 0) is 24.6 Å². The summed E-state index contributed by atoms with van der Waals surface area (Å²) in [6.45, 7) is 0. The third-order valence-corrected chi connectivity index (χ3v) is 3.83.